The first kappa shape index (κ1) is 27.0. The van der Waals surface area contributed by atoms with Crippen LogP contribution in [-0.2, 0) is 4.79 Å². The molecule has 2 aromatic rings. The fourth-order valence-electron chi connectivity index (χ4n) is 6.01. The maximum atomic E-state index is 13.4. The maximum Gasteiger partial charge on any atom is 0.305 e. The Hall–Kier alpha value is -3.03. The quantitative estimate of drug-likeness (QED) is 0.383. The number of benzene rings is 1. The fourth-order valence-corrected chi connectivity index (χ4v) is 6.01. The van der Waals surface area contributed by atoms with E-state index in [1.165, 1.54) is 38.5 Å². The number of rotatable bonds is 11. The Morgan fingerprint density at radius 1 is 1.03 bits per heavy atom. The van der Waals surface area contributed by atoms with Crippen LogP contribution in [0.5, 0.6) is 11.5 Å². The number of amides is 1. The summed E-state index contributed by atoms with van der Waals surface area (Å²) in [5.74, 6) is 0.691. The number of aromatic nitrogens is 2. The number of ether oxygens (including phenoxy) is 2. The highest BCUT2D eigenvalue weighted by Gasteiger charge is 2.28. The van der Waals surface area contributed by atoms with Gasteiger partial charge in [-0.15, -0.1) is 0 Å². The molecule has 4 rings (SSSR count). The van der Waals surface area contributed by atoms with Crippen molar-refractivity contribution < 1.29 is 24.2 Å². The number of hydrogen-bond donors (Lipinski definition) is 2. The van der Waals surface area contributed by atoms with Gasteiger partial charge in [-0.25, -0.2) is 0 Å². The van der Waals surface area contributed by atoms with Gasteiger partial charge in [0.05, 0.1) is 37.9 Å². The third-order valence-electron chi connectivity index (χ3n) is 7.98. The van der Waals surface area contributed by atoms with E-state index in [4.69, 9.17) is 14.6 Å². The minimum absolute atomic E-state index is 0.0883. The van der Waals surface area contributed by atoms with E-state index < -0.39 is 12.0 Å². The second-order valence-electron chi connectivity index (χ2n) is 10.5. The molecule has 1 aromatic heterocycles. The van der Waals surface area contributed by atoms with E-state index in [-0.39, 0.29) is 18.4 Å². The summed E-state index contributed by atoms with van der Waals surface area (Å²) in [7, 11) is 3.24. The third kappa shape index (κ3) is 6.84. The molecule has 1 heterocycles. The molecule has 2 aliphatic rings. The summed E-state index contributed by atoms with van der Waals surface area (Å²) in [4.78, 5) is 25.0. The summed E-state index contributed by atoms with van der Waals surface area (Å²) in [5.41, 5.74) is 1.84. The second-order valence-corrected chi connectivity index (χ2v) is 10.5. The number of aliphatic carboxylic acids is 1. The Balaban J connectivity index is 1.61. The van der Waals surface area contributed by atoms with Crippen LogP contribution in [0.25, 0.3) is 11.3 Å². The molecule has 0 bridgehead atoms. The third-order valence-corrected chi connectivity index (χ3v) is 7.98. The average molecular weight is 512 g/mol. The van der Waals surface area contributed by atoms with Gasteiger partial charge in [0.2, 0.25) is 0 Å². The van der Waals surface area contributed by atoms with E-state index in [2.05, 4.69) is 5.32 Å². The van der Waals surface area contributed by atoms with Crippen LogP contribution in [0.1, 0.15) is 100 Å². The molecule has 37 heavy (non-hydrogen) atoms. The van der Waals surface area contributed by atoms with E-state index in [9.17, 15) is 14.7 Å². The Kier molecular flexibility index (Phi) is 9.47. The van der Waals surface area contributed by atoms with Crippen molar-refractivity contribution in [3.63, 3.8) is 0 Å². The molecule has 1 atom stereocenters. The molecule has 1 aromatic carbocycles. The summed E-state index contributed by atoms with van der Waals surface area (Å²) in [6.45, 7) is 0. The summed E-state index contributed by atoms with van der Waals surface area (Å²) in [5, 5.41) is 17.3. The SMILES string of the molecule is COc1cccc(OC)c1-c1cc(C(=O)N[C@@H](CCC2CCCCC2)CC(=O)O)nn1C1CCCCC1. The van der Waals surface area contributed by atoms with Crippen LogP contribution < -0.4 is 14.8 Å². The second kappa shape index (κ2) is 13.0. The molecular formula is C29H41N3O5. The first-order valence-electron chi connectivity index (χ1n) is 13.8. The minimum Gasteiger partial charge on any atom is -0.496 e. The first-order chi connectivity index (χ1) is 18.0. The smallest absolute Gasteiger partial charge is 0.305 e. The fraction of sp³-hybridized carbons (Fsp3) is 0.621. The van der Waals surface area contributed by atoms with Crippen molar-refractivity contribution in [3.8, 4) is 22.8 Å². The molecule has 0 saturated heterocycles. The van der Waals surface area contributed by atoms with Gasteiger partial charge in [-0.2, -0.15) is 5.10 Å². The maximum absolute atomic E-state index is 13.4. The van der Waals surface area contributed by atoms with Crippen LogP contribution in [0.3, 0.4) is 0 Å². The first-order valence-corrected chi connectivity index (χ1v) is 13.8. The van der Waals surface area contributed by atoms with Gasteiger partial charge in [-0.3, -0.25) is 14.3 Å². The van der Waals surface area contributed by atoms with Crippen LogP contribution in [0.4, 0.5) is 0 Å². The van der Waals surface area contributed by atoms with Gasteiger partial charge in [0.25, 0.3) is 5.91 Å². The molecule has 2 N–H and O–H groups in total. The van der Waals surface area contributed by atoms with Crippen molar-refractivity contribution in [2.24, 2.45) is 5.92 Å². The number of nitrogens with zero attached hydrogens (tertiary/aromatic N) is 2. The van der Waals surface area contributed by atoms with Gasteiger partial charge in [-0.1, -0.05) is 57.4 Å². The standard InChI is InChI=1S/C29H41N3O5/c1-36-25-14-9-15-26(37-2)28(25)24-19-23(31-32(24)22-12-7-4-8-13-22)29(35)30-21(18-27(33)34)17-16-20-10-5-3-6-11-20/h9,14-15,19-22H,3-8,10-13,16-18H2,1-2H3,(H,30,35)(H,33,34)/t21-/m0/s1. The lowest BCUT2D eigenvalue weighted by Gasteiger charge is -2.25. The van der Waals surface area contributed by atoms with Gasteiger partial charge in [-0.05, 0) is 49.8 Å². The van der Waals surface area contributed by atoms with Crippen molar-refractivity contribution in [1.29, 1.82) is 0 Å². The van der Waals surface area contributed by atoms with Crippen LogP contribution in [-0.4, -0.2) is 47.0 Å². The number of carboxylic acid groups (broad SMARTS) is 1. The lowest BCUT2D eigenvalue weighted by molar-refractivity contribution is -0.137. The van der Waals surface area contributed by atoms with Crippen LogP contribution >= 0.6 is 0 Å². The predicted molar refractivity (Wildman–Crippen MR) is 142 cm³/mol. The number of carboxylic acids is 1. The van der Waals surface area contributed by atoms with Gasteiger partial charge in [0, 0.05) is 6.04 Å². The number of nitrogens with one attached hydrogen (secondary N) is 1. The highest BCUT2D eigenvalue weighted by molar-refractivity contribution is 5.94. The Bertz CT molecular complexity index is 1030. The highest BCUT2D eigenvalue weighted by atomic mass is 16.5. The molecular weight excluding hydrogens is 470 g/mol. The number of methoxy groups -OCH3 is 2. The van der Waals surface area contributed by atoms with E-state index >= 15 is 0 Å². The lowest BCUT2D eigenvalue weighted by Crippen LogP contribution is -2.37. The molecule has 2 fully saturated rings. The van der Waals surface area contributed by atoms with E-state index in [0.717, 1.165) is 43.4 Å². The molecule has 2 aliphatic carbocycles. The summed E-state index contributed by atoms with van der Waals surface area (Å²) < 4.78 is 13.3. The van der Waals surface area contributed by atoms with Crippen molar-refractivity contribution in [3.05, 3.63) is 30.0 Å². The lowest BCUT2D eigenvalue weighted by atomic mass is 9.85. The monoisotopic (exact) mass is 511 g/mol. The molecule has 0 spiro atoms. The Labute approximate surface area is 219 Å². The molecule has 8 nitrogen and oxygen atoms in total. The highest BCUT2D eigenvalue weighted by Crippen LogP contribution is 2.41. The number of carbonyl (C=O) groups is 2. The van der Waals surface area contributed by atoms with Crippen molar-refractivity contribution in [1.82, 2.24) is 15.1 Å². The van der Waals surface area contributed by atoms with Gasteiger partial charge in [0.1, 0.15) is 11.5 Å². The topological polar surface area (TPSA) is 103 Å². The molecule has 0 radical (unpaired) electrons. The van der Waals surface area contributed by atoms with Crippen molar-refractivity contribution in [2.75, 3.05) is 14.2 Å². The molecule has 2 saturated carbocycles. The molecule has 202 valence electrons. The van der Waals surface area contributed by atoms with Gasteiger partial charge >= 0.3 is 5.97 Å². The van der Waals surface area contributed by atoms with Crippen molar-refractivity contribution in [2.45, 2.75) is 95.6 Å². The number of carbonyl (C=O) groups excluding carboxylic acids is 1. The zero-order chi connectivity index (χ0) is 26.2. The largest absolute Gasteiger partial charge is 0.496 e. The summed E-state index contributed by atoms with van der Waals surface area (Å²) in [6, 6.07) is 7.19. The Morgan fingerprint density at radius 3 is 2.24 bits per heavy atom. The van der Waals surface area contributed by atoms with E-state index in [1.54, 1.807) is 20.3 Å². The van der Waals surface area contributed by atoms with Crippen LogP contribution in [0.15, 0.2) is 24.3 Å². The van der Waals surface area contributed by atoms with Crippen LogP contribution in [0, 0.1) is 5.92 Å². The van der Waals surface area contributed by atoms with Gasteiger partial charge in [0.15, 0.2) is 5.69 Å². The summed E-state index contributed by atoms with van der Waals surface area (Å²) in [6.07, 6.45) is 13.1. The van der Waals surface area contributed by atoms with E-state index in [0.29, 0.717) is 29.5 Å². The van der Waals surface area contributed by atoms with Crippen molar-refractivity contribution >= 4 is 11.9 Å². The zero-order valence-corrected chi connectivity index (χ0v) is 22.2. The normalized spacial score (nSPS) is 17.8. The molecule has 8 heteroatoms. The molecule has 1 amide bonds. The van der Waals surface area contributed by atoms with Gasteiger partial charge < -0.3 is 19.9 Å². The molecule has 0 unspecified atom stereocenters. The molecule has 0 aliphatic heterocycles. The van der Waals surface area contributed by atoms with Crippen LogP contribution in [0.2, 0.25) is 0 Å². The zero-order valence-electron chi connectivity index (χ0n) is 22.2. The van der Waals surface area contributed by atoms with E-state index in [1.807, 2.05) is 22.9 Å². The summed E-state index contributed by atoms with van der Waals surface area (Å²) >= 11 is 0. The number of hydrogen-bond acceptors (Lipinski definition) is 5. The minimum atomic E-state index is -0.902. The Morgan fingerprint density at radius 2 is 1.65 bits per heavy atom. The average Bonchev–Trinajstić information content (AvgIpc) is 3.37. The predicted octanol–water partition coefficient (Wildman–Crippen LogP) is 6.01.